The summed E-state index contributed by atoms with van der Waals surface area (Å²) in [6.45, 7) is 7.47. The van der Waals surface area contributed by atoms with Crippen molar-refractivity contribution in [3.8, 4) is 0 Å². The summed E-state index contributed by atoms with van der Waals surface area (Å²) in [5.41, 5.74) is 0. The third-order valence-corrected chi connectivity index (χ3v) is 4.43. The lowest BCUT2D eigenvalue weighted by Gasteiger charge is -2.33. The Kier molecular flexibility index (Phi) is 4.75. The van der Waals surface area contributed by atoms with Crippen LogP contribution in [-0.2, 0) is 4.74 Å². The van der Waals surface area contributed by atoms with Gasteiger partial charge in [-0.2, -0.15) is 11.8 Å². The molecule has 2 aliphatic heterocycles. The lowest BCUT2D eigenvalue weighted by molar-refractivity contribution is 0.000237. The van der Waals surface area contributed by atoms with Crippen LogP contribution >= 0.6 is 11.8 Å². The van der Waals surface area contributed by atoms with Crippen LogP contribution in [0.3, 0.4) is 0 Å². The summed E-state index contributed by atoms with van der Waals surface area (Å²) in [4.78, 5) is 2.53. The van der Waals surface area contributed by atoms with Crippen molar-refractivity contribution >= 4 is 11.8 Å². The van der Waals surface area contributed by atoms with Crippen LogP contribution in [0, 0.1) is 0 Å². The number of rotatable bonds is 4. The van der Waals surface area contributed by atoms with Crippen molar-refractivity contribution in [2.45, 2.75) is 25.4 Å². The topological polar surface area (TPSA) is 24.5 Å². The highest BCUT2D eigenvalue weighted by atomic mass is 32.2. The van der Waals surface area contributed by atoms with E-state index in [1.165, 1.54) is 24.5 Å². The predicted octanol–water partition coefficient (Wildman–Crippen LogP) is 0.802. The number of thioether (sulfide) groups is 1. The van der Waals surface area contributed by atoms with Crippen LogP contribution in [0.1, 0.15) is 13.3 Å². The van der Waals surface area contributed by atoms with Crippen LogP contribution in [0.25, 0.3) is 0 Å². The number of nitrogens with one attached hydrogen (secondary N) is 1. The van der Waals surface area contributed by atoms with Gasteiger partial charge in [0, 0.05) is 37.5 Å². The Hall–Kier alpha value is 0.230. The van der Waals surface area contributed by atoms with Crippen LogP contribution in [0.4, 0.5) is 0 Å². The average molecular weight is 230 g/mol. The molecular formula is C11H22N2OS. The van der Waals surface area contributed by atoms with Gasteiger partial charge >= 0.3 is 0 Å². The molecule has 0 amide bonds. The van der Waals surface area contributed by atoms with Crippen LogP contribution in [0.5, 0.6) is 0 Å². The molecule has 0 saturated carbocycles. The van der Waals surface area contributed by atoms with E-state index in [1.54, 1.807) is 0 Å². The Labute approximate surface area is 96.9 Å². The minimum absolute atomic E-state index is 0.596. The third kappa shape index (κ3) is 3.63. The van der Waals surface area contributed by atoms with Gasteiger partial charge in [0.15, 0.2) is 0 Å². The molecule has 0 aliphatic carbocycles. The normalized spacial score (nSPS) is 33.4. The van der Waals surface area contributed by atoms with E-state index in [9.17, 15) is 0 Å². The second kappa shape index (κ2) is 6.09. The van der Waals surface area contributed by atoms with Crippen molar-refractivity contribution in [2.24, 2.45) is 0 Å². The average Bonchev–Trinajstić information content (AvgIpc) is 2.74. The van der Waals surface area contributed by atoms with Gasteiger partial charge in [-0.1, -0.05) is 0 Å². The Morgan fingerprint density at radius 2 is 2.47 bits per heavy atom. The quantitative estimate of drug-likeness (QED) is 0.772. The van der Waals surface area contributed by atoms with Gasteiger partial charge in [-0.3, -0.25) is 4.90 Å². The van der Waals surface area contributed by atoms with Gasteiger partial charge in [0.25, 0.3) is 0 Å². The molecule has 0 spiro atoms. The maximum absolute atomic E-state index is 5.43. The number of hydrogen-bond acceptors (Lipinski definition) is 4. The zero-order valence-electron chi connectivity index (χ0n) is 9.58. The smallest absolute Gasteiger partial charge is 0.0619 e. The van der Waals surface area contributed by atoms with Crippen LogP contribution < -0.4 is 5.32 Å². The summed E-state index contributed by atoms with van der Waals surface area (Å²) >= 11 is 2.07. The summed E-state index contributed by atoms with van der Waals surface area (Å²) in [7, 11) is 0. The molecule has 4 heteroatoms. The summed E-state index contributed by atoms with van der Waals surface area (Å²) in [5.74, 6) is 2.64. The van der Waals surface area contributed by atoms with Crippen molar-refractivity contribution in [1.29, 1.82) is 0 Å². The first kappa shape index (κ1) is 11.7. The van der Waals surface area contributed by atoms with E-state index in [4.69, 9.17) is 4.74 Å². The summed E-state index contributed by atoms with van der Waals surface area (Å²) in [5, 5.41) is 3.65. The molecule has 0 bridgehead atoms. The fraction of sp³-hybridized carbons (Fsp3) is 1.00. The highest BCUT2D eigenvalue weighted by Crippen LogP contribution is 2.16. The zero-order valence-corrected chi connectivity index (χ0v) is 10.4. The summed E-state index contributed by atoms with van der Waals surface area (Å²) < 4.78 is 5.43. The molecule has 2 heterocycles. The highest BCUT2D eigenvalue weighted by molar-refractivity contribution is 7.99. The molecule has 0 radical (unpaired) electrons. The van der Waals surface area contributed by atoms with Crippen LogP contribution in [0.15, 0.2) is 0 Å². The van der Waals surface area contributed by atoms with Crippen LogP contribution in [-0.4, -0.2) is 61.3 Å². The fourth-order valence-electron chi connectivity index (χ4n) is 2.20. The van der Waals surface area contributed by atoms with E-state index < -0.39 is 0 Å². The van der Waals surface area contributed by atoms with Crippen molar-refractivity contribution in [3.05, 3.63) is 0 Å². The molecule has 0 aromatic heterocycles. The van der Waals surface area contributed by atoms with E-state index in [0.29, 0.717) is 6.04 Å². The molecule has 0 aromatic rings. The monoisotopic (exact) mass is 230 g/mol. The van der Waals surface area contributed by atoms with Gasteiger partial charge in [-0.25, -0.2) is 0 Å². The molecule has 2 rings (SSSR count). The number of ether oxygens (including phenoxy) is 1. The largest absolute Gasteiger partial charge is 0.379 e. The molecule has 2 aliphatic rings. The number of morpholine rings is 1. The molecule has 3 nitrogen and oxygen atoms in total. The van der Waals surface area contributed by atoms with Crippen LogP contribution in [0.2, 0.25) is 0 Å². The van der Waals surface area contributed by atoms with E-state index in [-0.39, 0.29) is 0 Å². The zero-order chi connectivity index (χ0) is 10.5. The summed E-state index contributed by atoms with van der Waals surface area (Å²) in [6.07, 6.45) is 1.35. The lowest BCUT2D eigenvalue weighted by Crippen LogP contribution is -2.47. The maximum Gasteiger partial charge on any atom is 0.0619 e. The van der Waals surface area contributed by atoms with Crippen molar-refractivity contribution < 1.29 is 4.74 Å². The third-order valence-electron chi connectivity index (χ3n) is 3.27. The first-order valence-corrected chi connectivity index (χ1v) is 7.14. The van der Waals surface area contributed by atoms with E-state index in [1.807, 2.05) is 0 Å². The molecule has 2 fully saturated rings. The lowest BCUT2D eigenvalue weighted by atomic mass is 10.2. The Bertz CT molecular complexity index is 185. The van der Waals surface area contributed by atoms with E-state index >= 15 is 0 Å². The second-order valence-electron chi connectivity index (χ2n) is 4.47. The minimum Gasteiger partial charge on any atom is -0.379 e. The molecule has 0 aromatic carbocycles. The van der Waals surface area contributed by atoms with Crippen molar-refractivity contribution in [1.82, 2.24) is 10.2 Å². The maximum atomic E-state index is 5.43. The Morgan fingerprint density at radius 3 is 3.20 bits per heavy atom. The molecule has 2 atom stereocenters. The van der Waals surface area contributed by atoms with Gasteiger partial charge in [0.1, 0.15) is 0 Å². The van der Waals surface area contributed by atoms with Gasteiger partial charge in [-0.15, -0.1) is 0 Å². The predicted molar refractivity (Wildman–Crippen MR) is 65.6 cm³/mol. The molecule has 15 heavy (non-hydrogen) atoms. The second-order valence-corrected chi connectivity index (χ2v) is 5.62. The summed E-state index contributed by atoms with van der Waals surface area (Å²) in [6, 6.07) is 1.37. The van der Waals surface area contributed by atoms with Crippen molar-refractivity contribution in [2.75, 3.05) is 44.4 Å². The van der Waals surface area contributed by atoms with Gasteiger partial charge in [0.05, 0.1) is 13.2 Å². The highest BCUT2D eigenvalue weighted by Gasteiger charge is 2.19. The first-order chi connectivity index (χ1) is 7.36. The number of hydrogen-bond donors (Lipinski definition) is 1. The SMILES string of the molecule is CC1COCCN1CCNC1CCSC1. The van der Waals surface area contributed by atoms with Crippen molar-refractivity contribution in [3.63, 3.8) is 0 Å². The molecule has 2 saturated heterocycles. The van der Waals surface area contributed by atoms with E-state index in [2.05, 4.69) is 28.9 Å². The molecular weight excluding hydrogens is 208 g/mol. The fourth-order valence-corrected chi connectivity index (χ4v) is 3.39. The van der Waals surface area contributed by atoms with Gasteiger partial charge in [0.2, 0.25) is 0 Å². The van der Waals surface area contributed by atoms with E-state index in [0.717, 1.165) is 32.3 Å². The standard InChI is InChI=1S/C11H22N2OS/c1-10-8-14-6-5-13(10)4-3-12-11-2-7-15-9-11/h10-12H,2-9H2,1H3. The van der Waals surface area contributed by atoms with Gasteiger partial charge < -0.3 is 10.1 Å². The molecule has 88 valence electrons. The first-order valence-electron chi connectivity index (χ1n) is 5.99. The van der Waals surface area contributed by atoms with Gasteiger partial charge in [-0.05, 0) is 19.1 Å². The molecule has 2 unspecified atom stereocenters. The molecule has 1 N–H and O–H groups in total. The Balaban J connectivity index is 1.59. The Morgan fingerprint density at radius 1 is 1.53 bits per heavy atom. The number of nitrogens with zero attached hydrogens (tertiary/aromatic N) is 1. The minimum atomic E-state index is 0.596.